The van der Waals surface area contributed by atoms with Crippen LogP contribution in [0.2, 0.25) is 5.02 Å². The van der Waals surface area contributed by atoms with Crippen LogP contribution in [0, 0.1) is 22.7 Å². The third-order valence-electron chi connectivity index (χ3n) is 3.09. The lowest BCUT2D eigenvalue weighted by molar-refractivity contribution is -0.130. The average Bonchev–Trinajstić information content (AvgIpc) is 2.55. The maximum atomic E-state index is 12.1. The smallest absolute Gasteiger partial charge is 0.240 e. The first-order valence-corrected chi connectivity index (χ1v) is 9.03. The number of nitrogens with zero attached hydrogens (tertiary/aromatic N) is 3. The van der Waals surface area contributed by atoms with Crippen molar-refractivity contribution in [3.63, 3.8) is 0 Å². The molecule has 24 heavy (non-hydrogen) atoms. The van der Waals surface area contributed by atoms with Gasteiger partial charge in [-0.15, -0.1) is 0 Å². The summed E-state index contributed by atoms with van der Waals surface area (Å²) in [6.45, 7) is 0.376. The van der Waals surface area contributed by atoms with Gasteiger partial charge in [-0.25, -0.2) is 13.1 Å². The van der Waals surface area contributed by atoms with Gasteiger partial charge in [0.25, 0.3) is 0 Å². The Hall–Kier alpha value is -2.13. The molecule has 1 N–H and O–H groups in total. The number of amides is 1. The fourth-order valence-electron chi connectivity index (χ4n) is 1.88. The molecule has 1 aromatic rings. The van der Waals surface area contributed by atoms with Gasteiger partial charge in [0.05, 0.1) is 29.9 Å². The van der Waals surface area contributed by atoms with Crippen molar-refractivity contribution in [2.75, 3.05) is 19.6 Å². The van der Waals surface area contributed by atoms with Crippen LogP contribution in [0.3, 0.4) is 0 Å². The predicted octanol–water partition coefficient (Wildman–Crippen LogP) is 1.66. The zero-order chi connectivity index (χ0) is 18.0. The van der Waals surface area contributed by atoms with Gasteiger partial charge in [0.15, 0.2) is 0 Å². The predicted molar refractivity (Wildman–Crippen MR) is 88.3 cm³/mol. The third kappa shape index (κ3) is 6.55. The number of carbonyl (C=O) groups is 1. The highest BCUT2D eigenvalue weighted by atomic mass is 35.5. The monoisotopic (exact) mass is 368 g/mol. The Balaban J connectivity index is 2.57. The second kappa shape index (κ2) is 9.89. The highest BCUT2D eigenvalue weighted by Crippen LogP contribution is 2.13. The SMILES string of the molecule is N#CCCN(CCC#N)C(=O)CCNS(=O)(=O)c1ccc(Cl)cc1. The summed E-state index contributed by atoms with van der Waals surface area (Å²) >= 11 is 5.71. The summed E-state index contributed by atoms with van der Waals surface area (Å²) in [5, 5.41) is 17.6. The Morgan fingerprint density at radius 2 is 1.67 bits per heavy atom. The fourth-order valence-corrected chi connectivity index (χ4v) is 3.04. The van der Waals surface area contributed by atoms with Gasteiger partial charge in [-0.1, -0.05) is 11.6 Å². The summed E-state index contributed by atoms with van der Waals surface area (Å²) in [6, 6.07) is 9.55. The minimum absolute atomic E-state index is 0.0519. The third-order valence-corrected chi connectivity index (χ3v) is 4.82. The molecule has 0 radical (unpaired) electrons. The van der Waals surface area contributed by atoms with E-state index < -0.39 is 10.0 Å². The second-order valence-corrected chi connectivity index (χ2v) is 7.00. The first kappa shape index (κ1) is 19.9. The maximum absolute atomic E-state index is 12.1. The number of benzene rings is 1. The molecule has 0 bridgehead atoms. The van der Waals surface area contributed by atoms with E-state index in [1.807, 2.05) is 12.1 Å². The van der Waals surface area contributed by atoms with E-state index in [0.29, 0.717) is 5.02 Å². The number of halogens is 1. The molecule has 0 aliphatic carbocycles. The molecular formula is C15H17ClN4O3S. The van der Waals surface area contributed by atoms with E-state index in [4.69, 9.17) is 22.1 Å². The number of nitriles is 2. The van der Waals surface area contributed by atoms with Crippen LogP contribution in [0.1, 0.15) is 19.3 Å². The van der Waals surface area contributed by atoms with E-state index in [9.17, 15) is 13.2 Å². The van der Waals surface area contributed by atoms with Crippen LogP contribution < -0.4 is 4.72 Å². The van der Waals surface area contributed by atoms with Crippen molar-refractivity contribution in [2.45, 2.75) is 24.2 Å². The summed E-state index contributed by atoms with van der Waals surface area (Å²) < 4.78 is 26.5. The van der Waals surface area contributed by atoms with Gasteiger partial charge in [-0.2, -0.15) is 10.5 Å². The van der Waals surface area contributed by atoms with E-state index in [0.717, 1.165) is 0 Å². The van der Waals surface area contributed by atoms with Gasteiger partial charge < -0.3 is 4.90 Å². The Bertz CT molecular complexity index is 717. The molecule has 0 spiro atoms. The molecule has 0 saturated heterocycles. The number of hydrogen-bond acceptors (Lipinski definition) is 5. The van der Waals surface area contributed by atoms with E-state index in [2.05, 4.69) is 4.72 Å². The molecule has 1 rings (SSSR count). The Morgan fingerprint density at radius 1 is 1.12 bits per heavy atom. The molecule has 0 aromatic heterocycles. The molecule has 7 nitrogen and oxygen atoms in total. The number of nitrogens with one attached hydrogen (secondary N) is 1. The molecule has 0 saturated carbocycles. The molecule has 0 aliphatic rings. The molecule has 128 valence electrons. The van der Waals surface area contributed by atoms with Crippen molar-refractivity contribution in [2.24, 2.45) is 0 Å². The van der Waals surface area contributed by atoms with Crippen LogP contribution in [-0.2, 0) is 14.8 Å². The van der Waals surface area contributed by atoms with E-state index >= 15 is 0 Å². The van der Waals surface area contributed by atoms with Crippen LogP contribution >= 0.6 is 11.6 Å². The van der Waals surface area contributed by atoms with Gasteiger partial charge in [0.2, 0.25) is 15.9 Å². The number of carbonyl (C=O) groups excluding carboxylic acids is 1. The quantitative estimate of drug-likeness (QED) is 0.711. The van der Waals surface area contributed by atoms with Crippen molar-refractivity contribution in [3.05, 3.63) is 29.3 Å². The molecule has 0 unspecified atom stereocenters. The molecule has 0 atom stereocenters. The Kier molecular flexibility index (Phi) is 8.20. The number of sulfonamides is 1. The highest BCUT2D eigenvalue weighted by Gasteiger charge is 2.16. The summed E-state index contributed by atoms with van der Waals surface area (Å²) in [6.07, 6.45) is 0.269. The number of rotatable bonds is 9. The topological polar surface area (TPSA) is 114 Å². The normalized spacial score (nSPS) is 10.6. The van der Waals surface area contributed by atoms with E-state index in [1.54, 1.807) is 0 Å². The number of hydrogen-bond donors (Lipinski definition) is 1. The Morgan fingerprint density at radius 3 is 2.17 bits per heavy atom. The standard InChI is InChI=1S/C15H17ClN4O3S/c16-13-3-5-14(6-4-13)24(22,23)19-10-7-15(21)20(11-1-8-17)12-2-9-18/h3-6,19H,1-2,7,10-12H2. The zero-order valence-corrected chi connectivity index (χ0v) is 14.5. The average molecular weight is 369 g/mol. The van der Waals surface area contributed by atoms with Gasteiger partial charge >= 0.3 is 0 Å². The first-order chi connectivity index (χ1) is 11.4. The van der Waals surface area contributed by atoms with Crippen LogP contribution in [0.4, 0.5) is 0 Å². The van der Waals surface area contributed by atoms with Crippen LogP contribution in [0.5, 0.6) is 0 Å². The summed E-state index contributed by atoms with van der Waals surface area (Å²) in [5.41, 5.74) is 0. The summed E-state index contributed by atoms with van der Waals surface area (Å²) in [4.78, 5) is 13.5. The molecule has 0 aliphatic heterocycles. The molecule has 0 fully saturated rings. The molecule has 1 aromatic carbocycles. The van der Waals surface area contributed by atoms with Gasteiger partial charge in [-0.3, -0.25) is 4.79 Å². The van der Waals surface area contributed by atoms with Crippen LogP contribution in [0.25, 0.3) is 0 Å². The van der Waals surface area contributed by atoms with Crippen molar-refractivity contribution in [1.29, 1.82) is 10.5 Å². The molecular weight excluding hydrogens is 352 g/mol. The lowest BCUT2D eigenvalue weighted by Gasteiger charge is -2.20. The summed E-state index contributed by atoms with van der Waals surface area (Å²) in [7, 11) is -3.72. The zero-order valence-electron chi connectivity index (χ0n) is 12.9. The molecule has 9 heteroatoms. The van der Waals surface area contributed by atoms with Gasteiger partial charge in [0.1, 0.15) is 0 Å². The minimum atomic E-state index is -3.72. The van der Waals surface area contributed by atoms with Crippen LogP contribution in [0.15, 0.2) is 29.2 Å². The Labute approximate surface area is 146 Å². The van der Waals surface area contributed by atoms with Gasteiger partial charge in [0, 0.05) is 31.1 Å². The summed E-state index contributed by atoms with van der Waals surface area (Å²) in [5.74, 6) is -0.306. The van der Waals surface area contributed by atoms with E-state index in [-0.39, 0.29) is 49.7 Å². The van der Waals surface area contributed by atoms with Gasteiger partial charge in [-0.05, 0) is 24.3 Å². The first-order valence-electron chi connectivity index (χ1n) is 7.17. The molecule has 1 amide bonds. The lowest BCUT2D eigenvalue weighted by atomic mass is 10.3. The minimum Gasteiger partial charge on any atom is -0.341 e. The lowest BCUT2D eigenvalue weighted by Crippen LogP contribution is -2.35. The van der Waals surface area contributed by atoms with Crippen molar-refractivity contribution < 1.29 is 13.2 Å². The second-order valence-electron chi connectivity index (χ2n) is 4.80. The maximum Gasteiger partial charge on any atom is 0.240 e. The van der Waals surface area contributed by atoms with Crippen molar-refractivity contribution in [3.8, 4) is 12.1 Å². The molecule has 0 heterocycles. The fraction of sp³-hybridized carbons (Fsp3) is 0.400. The van der Waals surface area contributed by atoms with E-state index in [1.165, 1.54) is 29.2 Å². The van der Waals surface area contributed by atoms with Crippen molar-refractivity contribution >= 4 is 27.5 Å². The van der Waals surface area contributed by atoms with Crippen molar-refractivity contribution in [1.82, 2.24) is 9.62 Å². The highest BCUT2D eigenvalue weighted by molar-refractivity contribution is 7.89. The van der Waals surface area contributed by atoms with Crippen LogP contribution in [-0.4, -0.2) is 38.9 Å². The largest absolute Gasteiger partial charge is 0.341 e.